The molecule has 0 saturated heterocycles. The summed E-state index contributed by atoms with van der Waals surface area (Å²) in [6.45, 7) is 10.0. The maximum atomic E-state index is 2.61. The molecule has 1 aromatic carbocycles. The standard InChI is InChI=1S/C17H24P/c1-13(2)18(4,17(3)9-10-17)16-11-14-7-5-6-8-15(14)12-16/h5-8,11,13H,9-10,12H2,1-4H3/q+1. The molecule has 0 aliphatic heterocycles. The Kier molecular flexibility index (Phi) is 2.72. The third-order valence-corrected chi connectivity index (χ3v) is 11.7. The van der Waals surface area contributed by atoms with Crippen LogP contribution in [0.15, 0.2) is 29.6 Å². The number of benzene rings is 1. The van der Waals surface area contributed by atoms with E-state index in [1.165, 1.54) is 24.8 Å². The molecule has 0 bridgehead atoms. The fourth-order valence-electron chi connectivity index (χ4n) is 3.51. The van der Waals surface area contributed by atoms with Crippen molar-refractivity contribution in [3.05, 3.63) is 40.7 Å². The van der Waals surface area contributed by atoms with Crippen LogP contribution >= 0.6 is 7.26 Å². The average molecular weight is 259 g/mol. The van der Waals surface area contributed by atoms with E-state index in [1.807, 2.05) is 0 Å². The number of hydrogen-bond donors (Lipinski definition) is 0. The monoisotopic (exact) mass is 259 g/mol. The van der Waals surface area contributed by atoms with Crippen LogP contribution in [-0.2, 0) is 6.42 Å². The third-order valence-electron chi connectivity index (χ3n) is 5.47. The van der Waals surface area contributed by atoms with Gasteiger partial charge in [-0.25, -0.2) is 0 Å². The molecule has 0 radical (unpaired) electrons. The van der Waals surface area contributed by atoms with Crippen LogP contribution in [0.1, 0.15) is 44.7 Å². The Bertz CT molecular complexity index is 508. The van der Waals surface area contributed by atoms with E-state index in [-0.39, 0.29) is 0 Å². The molecule has 0 amide bonds. The Morgan fingerprint density at radius 1 is 1.17 bits per heavy atom. The SMILES string of the molecule is CC(C)[P+](C)(C1=Cc2ccccc2C1)C1(C)CC1. The summed E-state index contributed by atoms with van der Waals surface area (Å²) in [6, 6.07) is 8.93. The molecular weight excluding hydrogens is 235 g/mol. The van der Waals surface area contributed by atoms with Crippen molar-refractivity contribution < 1.29 is 0 Å². The number of fused-ring (bicyclic) bond motifs is 1. The predicted octanol–water partition coefficient (Wildman–Crippen LogP) is 5.19. The molecule has 0 aromatic heterocycles. The van der Waals surface area contributed by atoms with E-state index >= 15 is 0 Å². The predicted molar refractivity (Wildman–Crippen MR) is 83.7 cm³/mol. The van der Waals surface area contributed by atoms with Crippen molar-refractivity contribution in [3.63, 3.8) is 0 Å². The van der Waals surface area contributed by atoms with Gasteiger partial charge in [0.05, 0.1) is 22.8 Å². The normalized spacial score (nSPS) is 23.5. The molecule has 1 saturated carbocycles. The van der Waals surface area contributed by atoms with Crippen molar-refractivity contribution in [2.75, 3.05) is 6.66 Å². The van der Waals surface area contributed by atoms with Gasteiger partial charge in [0.25, 0.3) is 0 Å². The zero-order valence-corrected chi connectivity index (χ0v) is 12.9. The second-order valence-electron chi connectivity index (χ2n) is 6.68. The Balaban J connectivity index is 2.01. The minimum atomic E-state index is -0.983. The van der Waals surface area contributed by atoms with E-state index in [2.05, 4.69) is 57.8 Å². The zero-order valence-electron chi connectivity index (χ0n) is 12.0. The molecule has 1 unspecified atom stereocenters. The highest BCUT2D eigenvalue weighted by Crippen LogP contribution is 2.83. The number of rotatable bonds is 3. The van der Waals surface area contributed by atoms with E-state index in [9.17, 15) is 0 Å². The van der Waals surface area contributed by atoms with Gasteiger partial charge >= 0.3 is 0 Å². The van der Waals surface area contributed by atoms with Gasteiger partial charge in [0.2, 0.25) is 0 Å². The van der Waals surface area contributed by atoms with E-state index in [4.69, 9.17) is 0 Å². The van der Waals surface area contributed by atoms with Crippen LogP contribution in [0.25, 0.3) is 6.08 Å². The fraction of sp³-hybridized carbons (Fsp3) is 0.529. The average Bonchev–Trinajstić information content (AvgIpc) is 2.95. The molecule has 0 N–H and O–H groups in total. The van der Waals surface area contributed by atoms with Gasteiger partial charge in [0, 0.05) is 13.7 Å². The first-order chi connectivity index (χ1) is 8.47. The van der Waals surface area contributed by atoms with E-state index in [0.29, 0.717) is 5.16 Å². The lowest BCUT2D eigenvalue weighted by atomic mass is 10.1. The molecule has 0 nitrogen and oxygen atoms in total. The smallest absolute Gasteiger partial charge is 0.0619 e. The number of hydrogen-bond acceptors (Lipinski definition) is 0. The van der Waals surface area contributed by atoms with Crippen molar-refractivity contribution in [2.45, 2.75) is 50.8 Å². The molecule has 1 fully saturated rings. The van der Waals surface area contributed by atoms with Gasteiger partial charge in [-0.1, -0.05) is 24.3 Å². The first-order valence-electron chi connectivity index (χ1n) is 7.13. The summed E-state index contributed by atoms with van der Waals surface area (Å²) in [4.78, 5) is 0. The van der Waals surface area contributed by atoms with Gasteiger partial charge in [-0.3, -0.25) is 0 Å². The Labute approximate surface area is 112 Å². The second-order valence-corrected chi connectivity index (χ2v) is 11.5. The highest BCUT2D eigenvalue weighted by Gasteiger charge is 2.63. The van der Waals surface area contributed by atoms with E-state index in [0.717, 1.165) is 5.66 Å². The van der Waals surface area contributed by atoms with Crippen LogP contribution < -0.4 is 0 Å². The molecule has 1 atom stereocenters. The maximum Gasteiger partial charge on any atom is 0.0818 e. The molecule has 0 spiro atoms. The minimum absolute atomic E-state index is 0.648. The lowest BCUT2D eigenvalue weighted by Gasteiger charge is -2.34. The summed E-state index contributed by atoms with van der Waals surface area (Å²) in [6.07, 6.45) is 6.63. The molecule has 3 rings (SSSR count). The van der Waals surface area contributed by atoms with E-state index in [1.54, 1.807) is 10.9 Å². The van der Waals surface area contributed by atoms with Crippen LogP contribution in [0.3, 0.4) is 0 Å². The van der Waals surface area contributed by atoms with Crippen molar-refractivity contribution >= 4 is 13.3 Å². The first kappa shape index (κ1) is 12.4. The topological polar surface area (TPSA) is 0 Å². The van der Waals surface area contributed by atoms with Crippen LogP contribution in [0, 0.1) is 0 Å². The highest BCUT2D eigenvalue weighted by atomic mass is 31.2. The summed E-state index contributed by atoms with van der Waals surface area (Å²) in [5, 5.41) is 2.42. The lowest BCUT2D eigenvalue weighted by Crippen LogP contribution is -2.20. The van der Waals surface area contributed by atoms with Gasteiger partial charge in [-0.15, -0.1) is 0 Å². The highest BCUT2D eigenvalue weighted by molar-refractivity contribution is 7.81. The third kappa shape index (κ3) is 1.62. The lowest BCUT2D eigenvalue weighted by molar-refractivity contribution is 0.946. The summed E-state index contributed by atoms with van der Waals surface area (Å²) >= 11 is 0. The zero-order chi connectivity index (χ0) is 13.0. The minimum Gasteiger partial charge on any atom is -0.0619 e. The van der Waals surface area contributed by atoms with Gasteiger partial charge in [-0.2, -0.15) is 0 Å². The quantitative estimate of drug-likeness (QED) is 0.655. The molecular formula is C17H24P+. The van der Waals surface area contributed by atoms with Crippen LogP contribution in [0.5, 0.6) is 0 Å². The summed E-state index contributed by atoms with van der Waals surface area (Å²) in [5.74, 6) is 0. The molecule has 1 heteroatoms. The van der Waals surface area contributed by atoms with E-state index < -0.39 is 7.26 Å². The van der Waals surface area contributed by atoms with Crippen molar-refractivity contribution in [1.82, 2.24) is 0 Å². The fourth-order valence-corrected chi connectivity index (χ4v) is 8.06. The largest absolute Gasteiger partial charge is 0.0818 e. The molecule has 96 valence electrons. The molecule has 0 heterocycles. The maximum absolute atomic E-state index is 2.61. The Morgan fingerprint density at radius 3 is 2.39 bits per heavy atom. The number of allylic oxidation sites excluding steroid dienone is 1. The van der Waals surface area contributed by atoms with Crippen molar-refractivity contribution in [3.8, 4) is 0 Å². The summed E-state index contributed by atoms with van der Waals surface area (Å²) in [5.41, 5.74) is 3.85. The van der Waals surface area contributed by atoms with Gasteiger partial charge in [0.15, 0.2) is 0 Å². The van der Waals surface area contributed by atoms with Gasteiger partial charge < -0.3 is 0 Å². The molecule has 18 heavy (non-hydrogen) atoms. The second kappa shape index (κ2) is 3.94. The van der Waals surface area contributed by atoms with Crippen molar-refractivity contribution in [1.29, 1.82) is 0 Å². The molecule has 2 aliphatic carbocycles. The van der Waals surface area contributed by atoms with Crippen LogP contribution in [0.4, 0.5) is 0 Å². The Hall–Kier alpha value is -0.610. The molecule has 1 aromatic rings. The van der Waals surface area contributed by atoms with Gasteiger partial charge in [-0.05, 0) is 50.8 Å². The molecule has 2 aliphatic rings. The Morgan fingerprint density at radius 2 is 1.83 bits per heavy atom. The van der Waals surface area contributed by atoms with Crippen molar-refractivity contribution in [2.24, 2.45) is 0 Å². The van der Waals surface area contributed by atoms with Crippen LogP contribution in [0.2, 0.25) is 0 Å². The van der Waals surface area contributed by atoms with Gasteiger partial charge in [0.1, 0.15) is 0 Å². The summed E-state index contributed by atoms with van der Waals surface area (Å²) < 4.78 is 0. The first-order valence-corrected chi connectivity index (χ1v) is 9.43. The van der Waals surface area contributed by atoms with Crippen LogP contribution in [-0.4, -0.2) is 17.5 Å². The summed E-state index contributed by atoms with van der Waals surface area (Å²) in [7, 11) is -0.983.